The zero-order chi connectivity index (χ0) is 15.9. The van der Waals surface area contributed by atoms with Gasteiger partial charge in [-0.25, -0.2) is 15.2 Å². The van der Waals surface area contributed by atoms with E-state index in [1.165, 1.54) is 31.6 Å². The molecule has 0 fully saturated rings. The lowest BCUT2D eigenvalue weighted by Gasteiger charge is -2.09. The molecule has 8 heteroatoms. The average Bonchev–Trinajstić information content (AvgIpc) is 2.53. The van der Waals surface area contributed by atoms with Gasteiger partial charge in [0.05, 0.1) is 6.20 Å². The van der Waals surface area contributed by atoms with Crippen molar-refractivity contribution in [1.82, 2.24) is 20.8 Å². The maximum atomic E-state index is 11.7. The second kappa shape index (κ2) is 6.93. The summed E-state index contributed by atoms with van der Waals surface area (Å²) in [6.45, 7) is 1.43. The number of nitrogens with zero attached hydrogens (tertiary/aromatic N) is 2. The van der Waals surface area contributed by atoms with Gasteiger partial charge >= 0.3 is 6.03 Å². The first-order valence-corrected chi connectivity index (χ1v) is 6.30. The van der Waals surface area contributed by atoms with Gasteiger partial charge in [-0.1, -0.05) is 12.1 Å². The van der Waals surface area contributed by atoms with Crippen LogP contribution in [-0.4, -0.2) is 27.7 Å². The molecule has 1 heterocycles. The van der Waals surface area contributed by atoms with E-state index >= 15 is 0 Å². The molecule has 0 saturated carbocycles. The Kier molecular flexibility index (Phi) is 4.76. The lowest BCUT2D eigenvalue weighted by Crippen LogP contribution is -2.44. The highest BCUT2D eigenvalue weighted by Gasteiger charge is 2.09. The number of carbonyl (C=O) groups is 3. The van der Waals surface area contributed by atoms with Crippen LogP contribution in [0, 0.1) is 0 Å². The number of hydrogen-bond acceptors (Lipinski definition) is 5. The van der Waals surface area contributed by atoms with Crippen molar-refractivity contribution in [2.45, 2.75) is 6.92 Å². The van der Waals surface area contributed by atoms with E-state index in [1.54, 1.807) is 18.2 Å². The highest BCUT2D eigenvalue weighted by atomic mass is 16.2. The first-order valence-electron chi connectivity index (χ1n) is 6.30. The Morgan fingerprint density at radius 3 is 2.59 bits per heavy atom. The highest BCUT2D eigenvalue weighted by molar-refractivity contribution is 5.98. The van der Waals surface area contributed by atoms with Crippen LogP contribution >= 0.6 is 0 Å². The van der Waals surface area contributed by atoms with Crippen LogP contribution < -0.4 is 16.2 Å². The molecule has 112 valence electrons. The summed E-state index contributed by atoms with van der Waals surface area (Å²) < 4.78 is 0. The molecule has 3 amide bonds. The molecule has 0 atom stereocenters. The maximum Gasteiger partial charge on any atom is 0.337 e. The molecule has 2 rings (SSSR count). The van der Waals surface area contributed by atoms with Crippen LogP contribution in [0.1, 0.15) is 27.8 Å². The van der Waals surface area contributed by atoms with Crippen molar-refractivity contribution >= 4 is 23.4 Å². The van der Waals surface area contributed by atoms with Gasteiger partial charge in [-0.05, 0) is 19.1 Å². The molecule has 0 unspecified atom stereocenters. The van der Waals surface area contributed by atoms with Gasteiger partial charge in [-0.3, -0.25) is 20.0 Å². The van der Waals surface area contributed by atoms with Crippen molar-refractivity contribution in [3.8, 4) is 0 Å². The van der Waals surface area contributed by atoms with Crippen LogP contribution in [0.4, 0.5) is 10.5 Å². The third-order valence-electron chi connectivity index (χ3n) is 2.61. The summed E-state index contributed by atoms with van der Waals surface area (Å²) >= 11 is 0. The number of benzene rings is 1. The second-order valence-electron chi connectivity index (χ2n) is 4.26. The van der Waals surface area contributed by atoms with Crippen molar-refractivity contribution in [2.75, 3.05) is 5.32 Å². The number of aromatic nitrogens is 2. The maximum absolute atomic E-state index is 11.7. The van der Waals surface area contributed by atoms with Gasteiger partial charge in [-0.2, -0.15) is 0 Å². The molecule has 1 aromatic heterocycles. The number of amides is 3. The number of nitrogens with one attached hydrogen (secondary N) is 3. The number of urea groups is 1. The van der Waals surface area contributed by atoms with Crippen molar-refractivity contribution < 1.29 is 14.4 Å². The molecular formula is C14H13N5O3. The summed E-state index contributed by atoms with van der Waals surface area (Å²) in [7, 11) is 0. The van der Waals surface area contributed by atoms with E-state index in [0.717, 1.165) is 0 Å². The minimum atomic E-state index is -0.655. The van der Waals surface area contributed by atoms with Gasteiger partial charge in [0.15, 0.2) is 5.78 Å². The van der Waals surface area contributed by atoms with Crippen molar-refractivity contribution in [2.24, 2.45) is 0 Å². The molecule has 3 N–H and O–H groups in total. The number of carbonyl (C=O) groups excluding carboxylic acids is 3. The molecule has 8 nitrogen and oxygen atoms in total. The number of rotatable bonds is 3. The minimum Gasteiger partial charge on any atom is -0.307 e. The normalized spacial score (nSPS) is 9.68. The Hall–Kier alpha value is -3.29. The van der Waals surface area contributed by atoms with E-state index < -0.39 is 11.9 Å². The van der Waals surface area contributed by atoms with E-state index in [9.17, 15) is 14.4 Å². The highest BCUT2D eigenvalue weighted by Crippen LogP contribution is 2.10. The Labute approximate surface area is 125 Å². The zero-order valence-electron chi connectivity index (χ0n) is 11.7. The van der Waals surface area contributed by atoms with Gasteiger partial charge in [0, 0.05) is 23.6 Å². The molecular weight excluding hydrogens is 286 g/mol. The van der Waals surface area contributed by atoms with E-state index in [2.05, 4.69) is 26.1 Å². The first-order chi connectivity index (χ1) is 10.6. The Morgan fingerprint density at radius 1 is 1.09 bits per heavy atom. The number of anilines is 1. The molecule has 0 bridgehead atoms. The van der Waals surface area contributed by atoms with Crippen molar-refractivity contribution in [1.29, 1.82) is 0 Å². The number of ketones is 1. The van der Waals surface area contributed by atoms with E-state index in [0.29, 0.717) is 11.3 Å². The predicted molar refractivity (Wildman–Crippen MR) is 78.1 cm³/mol. The van der Waals surface area contributed by atoms with E-state index in [-0.39, 0.29) is 11.5 Å². The molecule has 0 saturated heterocycles. The van der Waals surface area contributed by atoms with Crippen LogP contribution in [0.5, 0.6) is 0 Å². The van der Waals surface area contributed by atoms with Gasteiger partial charge in [0.2, 0.25) is 0 Å². The molecule has 0 aliphatic heterocycles. The largest absolute Gasteiger partial charge is 0.337 e. The summed E-state index contributed by atoms with van der Waals surface area (Å²) in [5.41, 5.74) is 5.34. The van der Waals surface area contributed by atoms with Crippen LogP contribution in [0.3, 0.4) is 0 Å². The fourth-order valence-electron chi connectivity index (χ4n) is 1.57. The summed E-state index contributed by atoms with van der Waals surface area (Å²) in [6.07, 6.45) is 4.06. The lowest BCUT2D eigenvalue weighted by molar-refractivity contribution is 0.0932. The summed E-state index contributed by atoms with van der Waals surface area (Å²) in [6, 6.07) is 5.78. The van der Waals surface area contributed by atoms with Gasteiger partial charge < -0.3 is 5.32 Å². The van der Waals surface area contributed by atoms with Crippen LogP contribution in [0.25, 0.3) is 0 Å². The fraction of sp³-hybridized carbons (Fsp3) is 0.0714. The Bertz CT molecular complexity index is 703. The standard InChI is InChI=1S/C14H13N5O3/c1-9(20)10-3-2-4-11(7-10)17-14(22)19-18-13(21)12-8-15-5-6-16-12/h2-8H,1H3,(H,18,21)(H2,17,19,22). The van der Waals surface area contributed by atoms with Crippen LogP contribution in [-0.2, 0) is 0 Å². The Balaban J connectivity index is 1.89. The quantitative estimate of drug-likeness (QED) is 0.581. The summed E-state index contributed by atoms with van der Waals surface area (Å²) in [5, 5.41) is 2.49. The molecule has 22 heavy (non-hydrogen) atoms. The van der Waals surface area contributed by atoms with E-state index in [1.807, 2.05) is 0 Å². The zero-order valence-corrected chi connectivity index (χ0v) is 11.7. The lowest BCUT2D eigenvalue weighted by atomic mass is 10.1. The van der Waals surface area contributed by atoms with Gasteiger partial charge in [0.1, 0.15) is 5.69 Å². The number of Topliss-reactive ketones (excluding diaryl/α,β-unsaturated/α-hetero) is 1. The molecule has 1 aromatic carbocycles. The third-order valence-corrected chi connectivity index (χ3v) is 2.61. The summed E-state index contributed by atoms with van der Waals surface area (Å²) in [5.74, 6) is -0.708. The van der Waals surface area contributed by atoms with Crippen molar-refractivity contribution in [3.63, 3.8) is 0 Å². The van der Waals surface area contributed by atoms with Crippen molar-refractivity contribution in [3.05, 3.63) is 54.1 Å². The smallest absolute Gasteiger partial charge is 0.307 e. The first kappa shape index (κ1) is 15.1. The number of hydrogen-bond donors (Lipinski definition) is 3. The monoisotopic (exact) mass is 299 g/mol. The molecule has 0 radical (unpaired) electrons. The van der Waals surface area contributed by atoms with Crippen LogP contribution in [0.15, 0.2) is 42.9 Å². The number of hydrazine groups is 1. The summed E-state index contributed by atoms with van der Waals surface area (Å²) in [4.78, 5) is 42.1. The Morgan fingerprint density at radius 2 is 1.91 bits per heavy atom. The SMILES string of the molecule is CC(=O)c1cccc(NC(=O)NNC(=O)c2cnccn2)c1. The minimum absolute atomic E-state index is 0.0707. The van der Waals surface area contributed by atoms with Gasteiger partial charge in [0.25, 0.3) is 5.91 Å². The fourth-order valence-corrected chi connectivity index (χ4v) is 1.57. The topological polar surface area (TPSA) is 113 Å². The van der Waals surface area contributed by atoms with E-state index in [4.69, 9.17) is 0 Å². The molecule has 0 spiro atoms. The molecule has 0 aliphatic carbocycles. The molecule has 0 aliphatic rings. The third kappa shape index (κ3) is 4.10. The van der Waals surface area contributed by atoms with Crippen LogP contribution in [0.2, 0.25) is 0 Å². The second-order valence-corrected chi connectivity index (χ2v) is 4.26. The average molecular weight is 299 g/mol. The molecule has 2 aromatic rings. The predicted octanol–water partition coefficient (Wildman–Crippen LogP) is 1.15. The van der Waals surface area contributed by atoms with Gasteiger partial charge in [-0.15, -0.1) is 0 Å².